The van der Waals surface area contributed by atoms with Crippen LogP contribution in [0.2, 0.25) is 0 Å². The smallest absolute Gasteiger partial charge is 0.251 e. The van der Waals surface area contributed by atoms with Gasteiger partial charge in [-0.2, -0.15) is 0 Å². The molecule has 0 saturated carbocycles. The normalized spacial score (nSPS) is 12.4. The van der Waals surface area contributed by atoms with E-state index in [1.807, 2.05) is 24.3 Å². The number of hydrogen-bond donors (Lipinski definition) is 3. The Labute approximate surface area is 162 Å². The minimum atomic E-state index is -0.0646. The molecular weight excluding hydrogens is 336 g/mol. The molecule has 5 nitrogen and oxygen atoms in total. The molecule has 5 heteroatoms. The highest BCUT2D eigenvalue weighted by Gasteiger charge is 2.08. The first-order chi connectivity index (χ1) is 13.1. The van der Waals surface area contributed by atoms with E-state index in [4.69, 9.17) is 0 Å². The Morgan fingerprint density at radius 3 is 2.48 bits per heavy atom. The van der Waals surface area contributed by atoms with Crippen molar-refractivity contribution < 1.29 is 4.79 Å². The molecule has 1 amide bonds. The summed E-state index contributed by atoms with van der Waals surface area (Å²) in [6.45, 7) is 5.02. The van der Waals surface area contributed by atoms with E-state index in [1.54, 1.807) is 14.1 Å². The number of nitrogens with zero attached hydrogens (tertiary/aromatic N) is 1. The molecule has 0 bridgehead atoms. The summed E-state index contributed by atoms with van der Waals surface area (Å²) in [5, 5.41) is 9.41. The van der Waals surface area contributed by atoms with Crippen molar-refractivity contribution in [3.05, 3.63) is 70.8 Å². The highest BCUT2D eigenvalue weighted by molar-refractivity contribution is 5.94. The van der Waals surface area contributed by atoms with Crippen LogP contribution in [0, 0.1) is 0 Å². The predicted molar refractivity (Wildman–Crippen MR) is 112 cm³/mol. The Bertz CT molecular complexity index is 768. The number of amides is 1. The van der Waals surface area contributed by atoms with Gasteiger partial charge in [-0.1, -0.05) is 43.3 Å². The van der Waals surface area contributed by atoms with Crippen molar-refractivity contribution in [2.75, 3.05) is 20.6 Å². The van der Waals surface area contributed by atoms with Crippen LogP contribution in [0.5, 0.6) is 0 Å². The second-order valence-corrected chi connectivity index (χ2v) is 6.49. The Morgan fingerprint density at radius 2 is 1.85 bits per heavy atom. The summed E-state index contributed by atoms with van der Waals surface area (Å²) < 4.78 is 0. The number of benzene rings is 2. The number of guanidine groups is 1. The van der Waals surface area contributed by atoms with Gasteiger partial charge >= 0.3 is 0 Å². The van der Waals surface area contributed by atoms with Crippen LogP contribution in [0.4, 0.5) is 0 Å². The first-order valence-corrected chi connectivity index (χ1v) is 9.44. The van der Waals surface area contributed by atoms with Crippen molar-refractivity contribution >= 4 is 11.9 Å². The van der Waals surface area contributed by atoms with Crippen molar-refractivity contribution in [2.24, 2.45) is 4.99 Å². The first kappa shape index (κ1) is 20.5. The van der Waals surface area contributed by atoms with E-state index in [1.165, 1.54) is 11.1 Å². The number of aryl methyl sites for hydroxylation is 1. The third-order valence-corrected chi connectivity index (χ3v) is 4.59. The van der Waals surface area contributed by atoms with E-state index in [0.717, 1.165) is 30.9 Å². The van der Waals surface area contributed by atoms with Crippen LogP contribution in [0.15, 0.2) is 53.5 Å². The van der Waals surface area contributed by atoms with Gasteiger partial charge in [0.15, 0.2) is 5.96 Å². The highest BCUT2D eigenvalue weighted by Crippen LogP contribution is 2.13. The molecular formula is C22H30N4O. The molecule has 0 saturated heterocycles. The van der Waals surface area contributed by atoms with Gasteiger partial charge in [-0.25, -0.2) is 0 Å². The van der Waals surface area contributed by atoms with Gasteiger partial charge in [0, 0.05) is 26.2 Å². The van der Waals surface area contributed by atoms with Crippen molar-refractivity contribution in [3.63, 3.8) is 0 Å². The third kappa shape index (κ3) is 6.13. The zero-order valence-corrected chi connectivity index (χ0v) is 16.7. The molecule has 0 aliphatic rings. The maximum absolute atomic E-state index is 11.7. The molecule has 144 valence electrons. The molecule has 0 aliphatic heterocycles. The van der Waals surface area contributed by atoms with Crippen molar-refractivity contribution in [2.45, 2.75) is 32.7 Å². The molecule has 0 radical (unpaired) electrons. The topological polar surface area (TPSA) is 65.5 Å². The molecule has 1 atom stereocenters. The fraction of sp³-hybridized carbons (Fsp3) is 0.364. The van der Waals surface area contributed by atoms with Gasteiger partial charge in [-0.15, -0.1) is 0 Å². The van der Waals surface area contributed by atoms with E-state index >= 15 is 0 Å². The summed E-state index contributed by atoms with van der Waals surface area (Å²) >= 11 is 0. The molecule has 2 rings (SSSR count). The van der Waals surface area contributed by atoms with Crippen LogP contribution in [0.25, 0.3) is 0 Å². The number of nitrogens with one attached hydrogen (secondary N) is 3. The van der Waals surface area contributed by atoms with Gasteiger partial charge in [0.2, 0.25) is 0 Å². The monoisotopic (exact) mass is 366 g/mol. The molecule has 0 aliphatic carbocycles. The van der Waals surface area contributed by atoms with E-state index in [2.05, 4.69) is 59.1 Å². The summed E-state index contributed by atoms with van der Waals surface area (Å²) in [5.41, 5.74) is 4.37. The van der Waals surface area contributed by atoms with Crippen LogP contribution in [-0.4, -0.2) is 32.5 Å². The maximum Gasteiger partial charge on any atom is 0.251 e. The Hall–Kier alpha value is -2.82. The van der Waals surface area contributed by atoms with Crippen LogP contribution < -0.4 is 16.0 Å². The Morgan fingerprint density at radius 1 is 1.11 bits per heavy atom. The standard InChI is InChI=1S/C22H30N4O/c1-5-17-9-11-19(12-10-17)16(2)26-22(24-4)25-14-13-18-7-6-8-20(15-18)21(27)23-3/h6-12,15-16H,5,13-14H2,1-4H3,(H,23,27)(H2,24,25,26). The van der Waals surface area contributed by atoms with Crippen molar-refractivity contribution in [1.29, 1.82) is 0 Å². The first-order valence-electron chi connectivity index (χ1n) is 9.44. The van der Waals surface area contributed by atoms with Gasteiger partial charge in [-0.05, 0) is 48.6 Å². The molecule has 0 spiro atoms. The summed E-state index contributed by atoms with van der Waals surface area (Å²) in [4.78, 5) is 16.0. The number of rotatable bonds is 7. The summed E-state index contributed by atoms with van der Waals surface area (Å²) in [6.07, 6.45) is 1.86. The number of carbonyl (C=O) groups excluding carboxylic acids is 1. The average molecular weight is 367 g/mol. The zero-order chi connectivity index (χ0) is 19.6. The summed E-state index contributed by atoms with van der Waals surface area (Å²) in [6, 6.07) is 16.5. The van der Waals surface area contributed by atoms with Crippen molar-refractivity contribution in [1.82, 2.24) is 16.0 Å². The predicted octanol–water partition coefficient (Wildman–Crippen LogP) is 3.08. The molecule has 0 aromatic heterocycles. The quantitative estimate of drug-likeness (QED) is 0.521. The molecule has 0 fully saturated rings. The summed E-state index contributed by atoms with van der Waals surface area (Å²) in [5.74, 6) is 0.703. The second-order valence-electron chi connectivity index (χ2n) is 6.49. The minimum Gasteiger partial charge on any atom is -0.356 e. The zero-order valence-electron chi connectivity index (χ0n) is 16.7. The lowest BCUT2D eigenvalue weighted by molar-refractivity contribution is 0.0963. The highest BCUT2D eigenvalue weighted by atomic mass is 16.1. The van der Waals surface area contributed by atoms with Gasteiger partial charge in [0.1, 0.15) is 0 Å². The Kier molecular flexibility index (Phi) is 7.86. The molecule has 0 heterocycles. The van der Waals surface area contributed by atoms with Crippen LogP contribution in [0.1, 0.15) is 46.9 Å². The van der Waals surface area contributed by atoms with Crippen LogP contribution in [0.3, 0.4) is 0 Å². The fourth-order valence-electron chi connectivity index (χ4n) is 2.86. The number of aliphatic imine (C=N–C) groups is 1. The van der Waals surface area contributed by atoms with Crippen molar-refractivity contribution in [3.8, 4) is 0 Å². The third-order valence-electron chi connectivity index (χ3n) is 4.59. The van der Waals surface area contributed by atoms with Crippen LogP contribution in [-0.2, 0) is 12.8 Å². The van der Waals surface area contributed by atoms with Gasteiger partial charge in [0.25, 0.3) is 5.91 Å². The van der Waals surface area contributed by atoms with E-state index in [0.29, 0.717) is 5.56 Å². The van der Waals surface area contributed by atoms with Gasteiger partial charge in [0.05, 0.1) is 6.04 Å². The SMILES string of the molecule is CCc1ccc(C(C)NC(=NC)NCCc2cccc(C(=O)NC)c2)cc1. The molecule has 27 heavy (non-hydrogen) atoms. The molecule has 2 aromatic rings. The molecule has 2 aromatic carbocycles. The largest absolute Gasteiger partial charge is 0.356 e. The van der Waals surface area contributed by atoms with Gasteiger partial charge < -0.3 is 16.0 Å². The number of carbonyl (C=O) groups is 1. The lowest BCUT2D eigenvalue weighted by atomic mass is 10.1. The summed E-state index contributed by atoms with van der Waals surface area (Å²) in [7, 11) is 3.41. The Balaban J connectivity index is 1.87. The minimum absolute atomic E-state index is 0.0646. The number of hydrogen-bond acceptors (Lipinski definition) is 2. The van der Waals surface area contributed by atoms with E-state index < -0.39 is 0 Å². The lowest BCUT2D eigenvalue weighted by Crippen LogP contribution is -2.39. The molecule has 3 N–H and O–H groups in total. The van der Waals surface area contributed by atoms with E-state index in [-0.39, 0.29) is 11.9 Å². The van der Waals surface area contributed by atoms with E-state index in [9.17, 15) is 4.79 Å². The fourth-order valence-corrected chi connectivity index (χ4v) is 2.86. The average Bonchev–Trinajstić information content (AvgIpc) is 2.72. The second kappa shape index (κ2) is 10.4. The lowest BCUT2D eigenvalue weighted by Gasteiger charge is -2.18. The molecule has 1 unspecified atom stereocenters. The van der Waals surface area contributed by atoms with Crippen LogP contribution >= 0.6 is 0 Å². The maximum atomic E-state index is 11.7. The van der Waals surface area contributed by atoms with Gasteiger partial charge in [-0.3, -0.25) is 9.79 Å².